The van der Waals surface area contributed by atoms with Gasteiger partial charge in [0.25, 0.3) is 11.6 Å². The highest BCUT2D eigenvalue weighted by Gasteiger charge is 2.35. The lowest BCUT2D eigenvalue weighted by molar-refractivity contribution is -0.895. The van der Waals surface area contributed by atoms with Gasteiger partial charge in [0.05, 0.1) is 42.4 Å². The third-order valence-electron chi connectivity index (χ3n) is 4.84. The molecule has 2 aromatic rings. The molecule has 10 nitrogen and oxygen atoms in total. The van der Waals surface area contributed by atoms with E-state index in [1.54, 1.807) is 24.3 Å². The Labute approximate surface area is 173 Å². The van der Waals surface area contributed by atoms with E-state index in [0.717, 1.165) is 11.0 Å². The zero-order valence-electron chi connectivity index (χ0n) is 15.9. The van der Waals surface area contributed by atoms with Crippen molar-refractivity contribution in [2.75, 3.05) is 38.0 Å². The lowest BCUT2D eigenvalue weighted by Crippen LogP contribution is -3.15. The number of quaternary nitrogens is 1. The first-order chi connectivity index (χ1) is 14.3. The molecule has 1 amide bonds. The summed E-state index contributed by atoms with van der Waals surface area (Å²) in [6.45, 7) is 1.18. The molecule has 0 aromatic heterocycles. The summed E-state index contributed by atoms with van der Waals surface area (Å²) in [5, 5.41) is 23.0. The Balaban J connectivity index is 1.62. The molecular weight excluding hydrogens is 410 g/mol. The number of nitro groups is 1. The van der Waals surface area contributed by atoms with Crippen molar-refractivity contribution in [2.45, 2.75) is 4.90 Å². The zero-order chi connectivity index (χ0) is 21.7. The molecule has 1 aliphatic rings. The summed E-state index contributed by atoms with van der Waals surface area (Å²) >= 11 is 0. The number of nitro benzene ring substituents is 1. The number of piperazine rings is 1. The molecule has 30 heavy (non-hydrogen) atoms. The van der Waals surface area contributed by atoms with E-state index in [-0.39, 0.29) is 30.4 Å². The summed E-state index contributed by atoms with van der Waals surface area (Å²) in [6, 6.07) is 13.9. The number of sulfonamides is 1. The summed E-state index contributed by atoms with van der Waals surface area (Å²) in [6.07, 6.45) is 0. The van der Waals surface area contributed by atoms with Crippen LogP contribution in [0.15, 0.2) is 53.4 Å². The van der Waals surface area contributed by atoms with Crippen molar-refractivity contribution < 1.29 is 23.0 Å². The highest BCUT2D eigenvalue weighted by atomic mass is 32.2. The van der Waals surface area contributed by atoms with Gasteiger partial charge in [-0.25, -0.2) is 8.42 Å². The maximum Gasteiger partial charge on any atom is 0.289 e. The quantitative estimate of drug-likeness (QED) is 0.489. The van der Waals surface area contributed by atoms with E-state index in [1.165, 1.54) is 22.5 Å². The fraction of sp³-hybridized carbons (Fsp3) is 0.263. The van der Waals surface area contributed by atoms with Gasteiger partial charge in [-0.05, 0) is 18.2 Å². The first-order valence-electron chi connectivity index (χ1n) is 9.19. The van der Waals surface area contributed by atoms with Gasteiger partial charge in [0.1, 0.15) is 6.07 Å². The van der Waals surface area contributed by atoms with Gasteiger partial charge < -0.3 is 10.2 Å². The number of hydrogen-bond donors (Lipinski definition) is 2. The molecular formula is C19H20N5O5S+. The molecule has 2 N–H and O–H groups in total. The molecule has 156 valence electrons. The van der Waals surface area contributed by atoms with Crippen molar-refractivity contribution in [1.82, 2.24) is 4.31 Å². The number of rotatable bonds is 6. The molecule has 0 radical (unpaired) electrons. The molecule has 2 aromatic carbocycles. The van der Waals surface area contributed by atoms with Crippen molar-refractivity contribution in [1.29, 1.82) is 5.26 Å². The molecule has 0 spiro atoms. The van der Waals surface area contributed by atoms with Gasteiger partial charge in [0.2, 0.25) is 10.0 Å². The summed E-state index contributed by atoms with van der Waals surface area (Å²) in [7, 11) is -4.01. The minimum atomic E-state index is -4.01. The third kappa shape index (κ3) is 4.62. The van der Waals surface area contributed by atoms with Crippen LogP contribution in [0, 0.1) is 21.4 Å². The van der Waals surface area contributed by atoms with E-state index in [2.05, 4.69) is 5.32 Å². The van der Waals surface area contributed by atoms with Crippen LogP contribution in [0.1, 0.15) is 5.56 Å². The van der Waals surface area contributed by atoms with Crippen molar-refractivity contribution >= 4 is 27.3 Å². The van der Waals surface area contributed by atoms with Gasteiger partial charge in [0.15, 0.2) is 11.4 Å². The smallest absolute Gasteiger partial charge is 0.289 e. The van der Waals surface area contributed by atoms with Crippen LogP contribution >= 0.6 is 0 Å². The average Bonchev–Trinajstić information content (AvgIpc) is 2.74. The Morgan fingerprint density at radius 3 is 2.47 bits per heavy atom. The van der Waals surface area contributed by atoms with E-state index in [0.29, 0.717) is 24.3 Å². The Hall–Kier alpha value is -3.33. The summed E-state index contributed by atoms with van der Waals surface area (Å²) < 4.78 is 26.9. The second-order valence-corrected chi connectivity index (χ2v) is 8.67. The molecule has 1 heterocycles. The number of nitriles is 1. The number of nitrogens with one attached hydrogen (secondary N) is 2. The van der Waals surface area contributed by atoms with E-state index < -0.39 is 20.6 Å². The second kappa shape index (κ2) is 9.00. The van der Waals surface area contributed by atoms with E-state index in [4.69, 9.17) is 5.26 Å². The largest absolute Gasteiger partial charge is 0.325 e. The average molecular weight is 430 g/mol. The first-order valence-corrected chi connectivity index (χ1v) is 10.6. The second-order valence-electron chi connectivity index (χ2n) is 6.76. The number of benzene rings is 2. The Bertz CT molecular complexity index is 1100. The predicted molar refractivity (Wildman–Crippen MR) is 107 cm³/mol. The van der Waals surface area contributed by atoms with Crippen LogP contribution in [0.2, 0.25) is 0 Å². The van der Waals surface area contributed by atoms with Crippen LogP contribution < -0.4 is 10.2 Å². The number of carbonyl (C=O) groups excluding carboxylic acids is 1. The van der Waals surface area contributed by atoms with Crippen molar-refractivity contribution in [3.63, 3.8) is 0 Å². The maximum absolute atomic E-state index is 12.9. The minimum Gasteiger partial charge on any atom is -0.325 e. The lowest BCUT2D eigenvalue weighted by atomic mass is 10.2. The summed E-state index contributed by atoms with van der Waals surface area (Å²) in [5.74, 6) is -0.275. The summed E-state index contributed by atoms with van der Waals surface area (Å²) in [5.41, 5.74) is 0.339. The fourth-order valence-corrected chi connectivity index (χ4v) is 4.89. The molecule has 1 fully saturated rings. The number of carbonyl (C=O) groups is 1. The van der Waals surface area contributed by atoms with Gasteiger partial charge in [0, 0.05) is 6.07 Å². The van der Waals surface area contributed by atoms with Gasteiger partial charge in [-0.15, -0.1) is 0 Å². The van der Waals surface area contributed by atoms with Crippen molar-refractivity contribution in [3.05, 3.63) is 64.2 Å². The Morgan fingerprint density at radius 2 is 1.80 bits per heavy atom. The standard InChI is InChI=1S/C19H19N5O5S/c20-13-15-5-1-2-6-16(15)21-19(25)14-22-9-11-23(12-10-22)30(28,29)18-8-4-3-7-17(18)24(26)27/h1-8H,9-12,14H2,(H,21,25)/p+1. The third-order valence-corrected chi connectivity index (χ3v) is 6.79. The molecule has 1 aliphatic heterocycles. The molecule has 0 atom stereocenters. The van der Waals surface area contributed by atoms with Gasteiger partial charge in [-0.3, -0.25) is 14.9 Å². The van der Waals surface area contributed by atoms with E-state index in [9.17, 15) is 23.3 Å². The maximum atomic E-state index is 12.9. The topological polar surface area (TPSA) is 138 Å². The highest BCUT2D eigenvalue weighted by Crippen LogP contribution is 2.26. The number of para-hydroxylation sites is 2. The molecule has 0 saturated carbocycles. The van der Waals surface area contributed by atoms with Crippen molar-refractivity contribution in [3.8, 4) is 6.07 Å². The molecule has 0 aliphatic carbocycles. The summed E-state index contributed by atoms with van der Waals surface area (Å²) in [4.78, 5) is 23.3. The Kier molecular flexibility index (Phi) is 6.41. The van der Waals surface area contributed by atoms with Gasteiger partial charge >= 0.3 is 0 Å². The van der Waals surface area contributed by atoms with Crippen LogP contribution in [-0.2, 0) is 14.8 Å². The first kappa shape index (κ1) is 21.4. The molecule has 0 unspecified atom stereocenters. The van der Waals surface area contributed by atoms with Crippen LogP contribution in [-0.4, -0.2) is 56.3 Å². The van der Waals surface area contributed by atoms with Gasteiger partial charge in [-0.2, -0.15) is 9.57 Å². The SMILES string of the molecule is N#Cc1ccccc1NC(=O)C[NH+]1CCN(S(=O)(=O)c2ccccc2[N+](=O)[O-])CC1. The number of amides is 1. The minimum absolute atomic E-state index is 0.124. The van der Waals surface area contributed by atoms with Gasteiger partial charge in [-0.1, -0.05) is 24.3 Å². The Morgan fingerprint density at radius 1 is 1.17 bits per heavy atom. The predicted octanol–water partition coefficient (Wildman–Crippen LogP) is -0.00562. The van der Waals surface area contributed by atoms with Crippen LogP contribution in [0.3, 0.4) is 0 Å². The molecule has 11 heteroatoms. The number of anilines is 1. The number of hydrogen-bond acceptors (Lipinski definition) is 6. The molecule has 1 saturated heterocycles. The fourth-order valence-electron chi connectivity index (χ4n) is 3.30. The normalized spacial score (nSPS) is 15.3. The molecule has 0 bridgehead atoms. The van der Waals surface area contributed by atoms with Crippen LogP contribution in [0.5, 0.6) is 0 Å². The number of nitrogens with zero attached hydrogens (tertiary/aromatic N) is 3. The highest BCUT2D eigenvalue weighted by molar-refractivity contribution is 7.89. The molecule has 3 rings (SSSR count). The lowest BCUT2D eigenvalue weighted by Gasteiger charge is -2.31. The zero-order valence-corrected chi connectivity index (χ0v) is 16.8. The van der Waals surface area contributed by atoms with E-state index in [1.807, 2.05) is 6.07 Å². The van der Waals surface area contributed by atoms with Crippen LogP contribution in [0.4, 0.5) is 11.4 Å². The van der Waals surface area contributed by atoms with E-state index >= 15 is 0 Å². The van der Waals surface area contributed by atoms with Crippen molar-refractivity contribution in [2.24, 2.45) is 0 Å². The van der Waals surface area contributed by atoms with Crippen LogP contribution in [0.25, 0.3) is 0 Å². The monoisotopic (exact) mass is 430 g/mol.